The van der Waals surface area contributed by atoms with Crippen LogP contribution in [0, 0.1) is 0 Å². The van der Waals surface area contributed by atoms with E-state index in [1.54, 1.807) is 0 Å². The molecule has 0 saturated carbocycles. The molecule has 15 nitrogen and oxygen atoms in total. The normalized spacial score (nSPS) is 31.5. The van der Waals surface area contributed by atoms with Crippen LogP contribution in [0.1, 0.15) is 13.3 Å². The number of amides is 1. The summed E-state index contributed by atoms with van der Waals surface area (Å²) in [5, 5.41) is 89.8. The first-order valence-corrected chi connectivity index (χ1v) is 9.46. The van der Waals surface area contributed by atoms with Crippen LogP contribution >= 0.6 is 0 Å². The van der Waals surface area contributed by atoms with Crippen LogP contribution in [0.3, 0.4) is 0 Å². The van der Waals surface area contributed by atoms with Gasteiger partial charge in [0, 0.05) is 13.3 Å². The van der Waals surface area contributed by atoms with Crippen molar-refractivity contribution in [3.8, 4) is 0 Å². The molecule has 15 heteroatoms. The zero-order chi connectivity index (χ0) is 24.8. The van der Waals surface area contributed by atoms with Gasteiger partial charge in [-0.3, -0.25) is 9.59 Å². The van der Waals surface area contributed by atoms with Crippen LogP contribution in [0.25, 0.3) is 0 Å². The van der Waals surface area contributed by atoms with Crippen molar-refractivity contribution in [2.24, 2.45) is 0 Å². The van der Waals surface area contributed by atoms with Gasteiger partial charge in [-0.1, -0.05) is 0 Å². The number of hydrogen-bond acceptors (Lipinski definition) is 14. The van der Waals surface area contributed by atoms with Crippen molar-refractivity contribution in [2.45, 2.75) is 74.0 Å². The van der Waals surface area contributed by atoms with Gasteiger partial charge in [-0.05, 0) is 0 Å². The van der Waals surface area contributed by atoms with E-state index in [0.29, 0.717) is 0 Å². The summed E-state index contributed by atoms with van der Waals surface area (Å²) in [6.07, 6.45) is -17.1. The summed E-state index contributed by atoms with van der Waals surface area (Å²) in [5.41, 5.74) is 0. The molecule has 32 heavy (non-hydrogen) atoms. The second-order valence-electron chi connectivity index (χ2n) is 7.34. The molecule has 10 N–H and O–H groups in total. The molecular formula is C17H29NO14. The highest BCUT2D eigenvalue weighted by molar-refractivity contribution is 5.80. The third-order valence-corrected chi connectivity index (χ3v) is 4.84. The molecule has 1 aliphatic rings. The topological polar surface area (TPSA) is 264 Å². The van der Waals surface area contributed by atoms with Crippen LogP contribution in [0.2, 0.25) is 0 Å². The zero-order valence-electron chi connectivity index (χ0n) is 17.0. The molecule has 0 aromatic carbocycles. The largest absolute Gasteiger partial charge is 0.448 e. The van der Waals surface area contributed by atoms with Crippen molar-refractivity contribution >= 4 is 18.2 Å². The van der Waals surface area contributed by atoms with Gasteiger partial charge in [0.1, 0.15) is 36.6 Å². The molecule has 0 unspecified atom stereocenters. The number of hydrogen-bond donors (Lipinski definition) is 10. The Labute approximate surface area is 181 Å². The Morgan fingerprint density at radius 3 is 2.16 bits per heavy atom. The fraction of sp³-hybridized carbons (Fsp3) is 0.824. The second kappa shape index (κ2) is 11.9. The molecule has 1 heterocycles. The number of aldehydes is 1. The van der Waals surface area contributed by atoms with E-state index in [9.17, 15) is 50.1 Å². The van der Waals surface area contributed by atoms with Crippen molar-refractivity contribution in [3.63, 3.8) is 0 Å². The van der Waals surface area contributed by atoms with E-state index in [1.165, 1.54) is 0 Å². The SMILES string of the molecule is CC(=O)N[C@H]1[C@H]([C@H](O)[C@H](O)CO)O[C@](O)(C(=O)O[C@@H](C=O)[C@@H](O)[C@H](O)[C@H](O)CO)C[C@@H]1O. The van der Waals surface area contributed by atoms with Gasteiger partial charge in [0.15, 0.2) is 12.4 Å². The number of aliphatic hydroxyl groups is 9. The van der Waals surface area contributed by atoms with Crippen molar-refractivity contribution in [1.82, 2.24) is 5.32 Å². The monoisotopic (exact) mass is 471 g/mol. The Bertz CT molecular complexity index is 649. The first kappa shape index (κ1) is 28.2. The molecule has 1 rings (SSSR count). The summed E-state index contributed by atoms with van der Waals surface area (Å²) in [5.74, 6) is -5.55. The minimum Gasteiger partial charge on any atom is -0.448 e. The Balaban J connectivity index is 3.12. The molecule has 1 amide bonds. The standard InChI is InChI=1S/C17H29NO14/c1-6(22)18-11-7(23)2-17(30,32-15(11)13(27)9(25)4-20)16(29)31-10(5-21)14(28)12(26)8(24)3-19/h5,7-15,19-20,23-28,30H,2-4H2,1H3,(H,18,22)/t7-,8+,9+,10-,11+,12+,13+,14+,15+,17-/m0/s1. The maximum absolute atomic E-state index is 12.5. The highest BCUT2D eigenvalue weighted by Crippen LogP contribution is 2.31. The van der Waals surface area contributed by atoms with E-state index < -0.39 is 92.2 Å². The summed E-state index contributed by atoms with van der Waals surface area (Å²) < 4.78 is 9.72. The summed E-state index contributed by atoms with van der Waals surface area (Å²) in [6, 6.07) is -1.45. The highest BCUT2D eigenvalue weighted by Gasteiger charge is 2.55. The predicted octanol–water partition coefficient (Wildman–Crippen LogP) is -6.77. The number of rotatable bonds is 11. The predicted molar refractivity (Wildman–Crippen MR) is 98.2 cm³/mol. The number of carbonyl (C=O) groups is 3. The summed E-state index contributed by atoms with van der Waals surface area (Å²) in [6.45, 7) is -0.943. The van der Waals surface area contributed by atoms with Gasteiger partial charge in [-0.2, -0.15) is 0 Å². The maximum atomic E-state index is 12.5. The lowest BCUT2D eigenvalue weighted by atomic mass is 9.88. The third-order valence-electron chi connectivity index (χ3n) is 4.84. The lowest BCUT2D eigenvalue weighted by molar-refractivity contribution is -0.299. The van der Waals surface area contributed by atoms with Crippen LogP contribution in [0.5, 0.6) is 0 Å². The molecule has 0 spiro atoms. The summed E-state index contributed by atoms with van der Waals surface area (Å²) in [7, 11) is 0. The maximum Gasteiger partial charge on any atom is 0.367 e. The van der Waals surface area contributed by atoms with E-state index >= 15 is 0 Å². The van der Waals surface area contributed by atoms with Gasteiger partial charge in [-0.15, -0.1) is 0 Å². The van der Waals surface area contributed by atoms with Crippen LogP contribution < -0.4 is 5.32 Å². The third kappa shape index (κ3) is 6.61. The number of aliphatic hydroxyl groups excluding tert-OH is 8. The van der Waals surface area contributed by atoms with Gasteiger partial charge in [0.05, 0.1) is 25.4 Å². The lowest BCUT2D eigenvalue weighted by Crippen LogP contribution is -2.67. The molecule has 1 saturated heterocycles. The molecule has 0 aromatic rings. The Morgan fingerprint density at radius 1 is 1.12 bits per heavy atom. The molecule has 0 aliphatic carbocycles. The van der Waals surface area contributed by atoms with Crippen LogP contribution in [-0.2, 0) is 23.9 Å². The first-order chi connectivity index (χ1) is 14.8. The molecule has 10 atom stereocenters. The first-order valence-electron chi connectivity index (χ1n) is 9.46. The number of esters is 1. The minimum atomic E-state index is -3.07. The molecule has 186 valence electrons. The van der Waals surface area contributed by atoms with Gasteiger partial charge in [0.25, 0.3) is 5.79 Å². The molecule has 1 fully saturated rings. The zero-order valence-corrected chi connectivity index (χ0v) is 17.0. The summed E-state index contributed by atoms with van der Waals surface area (Å²) >= 11 is 0. The van der Waals surface area contributed by atoms with E-state index in [1.807, 2.05) is 0 Å². The van der Waals surface area contributed by atoms with Crippen molar-refractivity contribution < 1.29 is 69.8 Å². The lowest BCUT2D eigenvalue weighted by Gasteiger charge is -2.45. The Hall–Kier alpha value is -1.79. The molecule has 1 aliphatic heterocycles. The Kier molecular flexibility index (Phi) is 10.5. The van der Waals surface area contributed by atoms with Gasteiger partial charge < -0.3 is 60.7 Å². The van der Waals surface area contributed by atoms with Gasteiger partial charge in [0.2, 0.25) is 5.91 Å². The van der Waals surface area contributed by atoms with Crippen LogP contribution in [0.15, 0.2) is 0 Å². The average Bonchev–Trinajstić information content (AvgIpc) is 2.75. The van der Waals surface area contributed by atoms with Crippen LogP contribution in [-0.4, -0.2) is 138 Å². The smallest absolute Gasteiger partial charge is 0.367 e. The van der Waals surface area contributed by atoms with E-state index in [4.69, 9.17) is 14.9 Å². The average molecular weight is 471 g/mol. The Morgan fingerprint density at radius 2 is 1.69 bits per heavy atom. The number of ether oxygens (including phenoxy) is 2. The fourth-order valence-corrected chi connectivity index (χ4v) is 3.05. The van der Waals surface area contributed by atoms with Gasteiger partial charge >= 0.3 is 5.97 Å². The number of nitrogens with one attached hydrogen (secondary N) is 1. The van der Waals surface area contributed by atoms with E-state index in [0.717, 1.165) is 6.92 Å². The number of carbonyl (C=O) groups excluding carboxylic acids is 3. The fourth-order valence-electron chi connectivity index (χ4n) is 3.05. The molecule has 0 radical (unpaired) electrons. The van der Waals surface area contributed by atoms with Crippen LogP contribution in [0.4, 0.5) is 0 Å². The highest BCUT2D eigenvalue weighted by atomic mass is 16.7. The molecule has 0 aromatic heterocycles. The van der Waals surface area contributed by atoms with E-state index in [-0.39, 0.29) is 6.29 Å². The van der Waals surface area contributed by atoms with Crippen molar-refractivity contribution in [3.05, 3.63) is 0 Å². The van der Waals surface area contributed by atoms with Crippen molar-refractivity contribution in [2.75, 3.05) is 13.2 Å². The van der Waals surface area contributed by atoms with Gasteiger partial charge in [-0.25, -0.2) is 4.79 Å². The minimum absolute atomic E-state index is 0.152. The summed E-state index contributed by atoms with van der Waals surface area (Å²) in [4.78, 5) is 35.1. The van der Waals surface area contributed by atoms with E-state index in [2.05, 4.69) is 10.1 Å². The second-order valence-corrected chi connectivity index (χ2v) is 7.34. The quantitative estimate of drug-likeness (QED) is 0.0991. The molecular weight excluding hydrogens is 442 g/mol. The molecule has 0 bridgehead atoms. The van der Waals surface area contributed by atoms with Crippen molar-refractivity contribution in [1.29, 1.82) is 0 Å².